The van der Waals surface area contributed by atoms with Gasteiger partial charge in [-0.1, -0.05) is 20.8 Å². The monoisotopic (exact) mass is 266 g/mol. The van der Waals surface area contributed by atoms with Gasteiger partial charge in [0.1, 0.15) is 5.82 Å². The normalized spacial score (nSPS) is 11.4. The Kier molecular flexibility index (Phi) is 5.23. The van der Waals surface area contributed by atoms with E-state index < -0.39 is 4.92 Å². The molecule has 1 rings (SSSR count). The summed E-state index contributed by atoms with van der Waals surface area (Å²) in [6.07, 6.45) is 2.43. The third kappa shape index (κ3) is 4.48. The van der Waals surface area contributed by atoms with Gasteiger partial charge in [0.15, 0.2) is 0 Å². The third-order valence-corrected chi connectivity index (χ3v) is 2.93. The Morgan fingerprint density at radius 2 is 2.21 bits per heavy atom. The van der Waals surface area contributed by atoms with E-state index >= 15 is 0 Å². The Morgan fingerprint density at radius 1 is 1.53 bits per heavy atom. The lowest BCUT2D eigenvalue weighted by molar-refractivity contribution is -0.384. The highest BCUT2D eigenvalue weighted by atomic mass is 16.6. The summed E-state index contributed by atoms with van der Waals surface area (Å²) >= 11 is 0. The molecule has 106 valence electrons. The van der Waals surface area contributed by atoms with Gasteiger partial charge in [0.25, 0.3) is 5.69 Å². The van der Waals surface area contributed by atoms with Crippen LogP contribution in [0.25, 0.3) is 0 Å². The molecule has 0 bridgehead atoms. The van der Waals surface area contributed by atoms with E-state index in [2.05, 4.69) is 30.7 Å². The molecule has 0 aliphatic carbocycles. The largest absolute Gasteiger partial charge is 0.356 e. The van der Waals surface area contributed by atoms with Crippen LogP contribution in [0.4, 0.5) is 11.5 Å². The van der Waals surface area contributed by atoms with Crippen LogP contribution in [0.5, 0.6) is 0 Å². The van der Waals surface area contributed by atoms with E-state index in [9.17, 15) is 10.1 Å². The molecule has 0 saturated heterocycles. The maximum absolute atomic E-state index is 10.8. The number of rotatable bonds is 7. The minimum absolute atomic E-state index is 0.0541. The molecular weight excluding hydrogens is 244 g/mol. The van der Waals surface area contributed by atoms with Crippen LogP contribution in [0.15, 0.2) is 18.3 Å². The molecule has 0 saturated carbocycles. The molecule has 1 aromatic rings. The summed E-state index contributed by atoms with van der Waals surface area (Å²) in [6, 6.07) is 2.92. The van der Waals surface area contributed by atoms with Gasteiger partial charge in [0.2, 0.25) is 0 Å². The summed E-state index contributed by atoms with van der Waals surface area (Å²) in [5.74, 6) is 0.637. The number of aromatic nitrogens is 1. The minimum atomic E-state index is -0.399. The molecule has 0 unspecified atom stereocenters. The number of pyridine rings is 1. The molecule has 0 spiro atoms. The quantitative estimate of drug-likeness (QED) is 0.604. The van der Waals surface area contributed by atoms with Gasteiger partial charge in [0, 0.05) is 25.4 Å². The van der Waals surface area contributed by atoms with Crippen LogP contribution in [0.2, 0.25) is 0 Å². The summed E-state index contributed by atoms with van der Waals surface area (Å²) in [5, 5.41) is 10.8. The number of nitro groups is 1. The molecule has 2 N–H and O–H groups in total. The van der Waals surface area contributed by atoms with Crippen molar-refractivity contribution in [2.24, 2.45) is 11.1 Å². The number of hydrogen-bond acceptors (Lipinski definition) is 5. The Morgan fingerprint density at radius 3 is 2.74 bits per heavy atom. The molecule has 0 fully saturated rings. The molecule has 6 nitrogen and oxygen atoms in total. The van der Waals surface area contributed by atoms with Crippen LogP contribution in [0, 0.1) is 15.5 Å². The highest BCUT2D eigenvalue weighted by Gasteiger charge is 2.21. The van der Waals surface area contributed by atoms with Crippen molar-refractivity contribution in [1.29, 1.82) is 0 Å². The van der Waals surface area contributed by atoms with E-state index in [-0.39, 0.29) is 11.1 Å². The standard InChI is InChI=1S/C13H22N4O2/c1-4-7-16(10-13(2,3)9-14)12-8-11(17(18)19)5-6-15-12/h5-6,8H,4,7,9-10,14H2,1-3H3. The molecule has 0 amide bonds. The molecule has 6 heteroatoms. The number of nitrogens with zero attached hydrogens (tertiary/aromatic N) is 3. The molecule has 19 heavy (non-hydrogen) atoms. The minimum Gasteiger partial charge on any atom is -0.356 e. The van der Waals surface area contributed by atoms with Gasteiger partial charge in [-0.15, -0.1) is 0 Å². The maximum atomic E-state index is 10.8. The lowest BCUT2D eigenvalue weighted by atomic mass is 9.93. The summed E-state index contributed by atoms with van der Waals surface area (Å²) < 4.78 is 0. The van der Waals surface area contributed by atoms with Crippen molar-refractivity contribution >= 4 is 11.5 Å². The van der Waals surface area contributed by atoms with Gasteiger partial charge in [-0.3, -0.25) is 10.1 Å². The SMILES string of the molecule is CCCN(CC(C)(C)CN)c1cc([N+](=O)[O-])ccn1. The summed E-state index contributed by atoms with van der Waals surface area (Å²) in [7, 11) is 0. The summed E-state index contributed by atoms with van der Waals surface area (Å²) in [4.78, 5) is 16.7. The molecule has 0 aliphatic heterocycles. The number of nitrogens with two attached hydrogens (primary N) is 1. The van der Waals surface area contributed by atoms with E-state index in [1.165, 1.54) is 18.3 Å². The van der Waals surface area contributed by atoms with Crippen LogP contribution in [0.3, 0.4) is 0 Å². The zero-order chi connectivity index (χ0) is 14.5. The topological polar surface area (TPSA) is 85.3 Å². The lowest BCUT2D eigenvalue weighted by Crippen LogP contribution is -2.39. The second-order valence-electron chi connectivity index (χ2n) is 5.42. The molecule has 0 atom stereocenters. The van der Waals surface area contributed by atoms with Crippen molar-refractivity contribution in [3.8, 4) is 0 Å². The lowest BCUT2D eigenvalue weighted by Gasteiger charge is -2.32. The fourth-order valence-electron chi connectivity index (χ4n) is 1.82. The van der Waals surface area contributed by atoms with Crippen LogP contribution >= 0.6 is 0 Å². The fourth-order valence-corrected chi connectivity index (χ4v) is 1.82. The molecule has 1 aromatic heterocycles. The predicted octanol–water partition coefficient (Wildman–Crippen LogP) is 2.19. The zero-order valence-electron chi connectivity index (χ0n) is 11.8. The van der Waals surface area contributed by atoms with E-state index in [4.69, 9.17) is 5.73 Å². The predicted molar refractivity (Wildman–Crippen MR) is 76.2 cm³/mol. The number of hydrogen-bond donors (Lipinski definition) is 1. The zero-order valence-corrected chi connectivity index (χ0v) is 11.8. The van der Waals surface area contributed by atoms with Crippen LogP contribution < -0.4 is 10.6 Å². The van der Waals surface area contributed by atoms with Crippen LogP contribution in [-0.2, 0) is 0 Å². The average molecular weight is 266 g/mol. The van der Waals surface area contributed by atoms with Crippen molar-refractivity contribution < 1.29 is 4.92 Å². The summed E-state index contributed by atoms with van der Waals surface area (Å²) in [6.45, 7) is 8.31. The number of anilines is 1. The van der Waals surface area contributed by atoms with E-state index in [0.717, 1.165) is 19.5 Å². The van der Waals surface area contributed by atoms with Crippen molar-refractivity contribution in [1.82, 2.24) is 4.98 Å². The van der Waals surface area contributed by atoms with Gasteiger partial charge in [-0.25, -0.2) is 4.98 Å². The highest BCUT2D eigenvalue weighted by molar-refractivity contribution is 5.46. The van der Waals surface area contributed by atoms with Crippen molar-refractivity contribution in [3.63, 3.8) is 0 Å². The third-order valence-electron chi connectivity index (χ3n) is 2.93. The first-order valence-electron chi connectivity index (χ1n) is 6.45. The van der Waals surface area contributed by atoms with E-state index in [1.54, 1.807) is 0 Å². The first-order chi connectivity index (χ1) is 8.89. The fraction of sp³-hybridized carbons (Fsp3) is 0.615. The molecule has 1 heterocycles. The second kappa shape index (κ2) is 6.47. The van der Waals surface area contributed by atoms with Crippen molar-refractivity contribution in [2.45, 2.75) is 27.2 Å². The Labute approximate surface area is 113 Å². The van der Waals surface area contributed by atoms with Gasteiger partial charge in [-0.05, 0) is 18.4 Å². The van der Waals surface area contributed by atoms with Gasteiger partial charge >= 0.3 is 0 Å². The molecule has 0 aliphatic rings. The highest BCUT2D eigenvalue weighted by Crippen LogP contribution is 2.23. The Balaban J connectivity index is 2.98. The first kappa shape index (κ1) is 15.4. The van der Waals surface area contributed by atoms with E-state index in [1.807, 2.05) is 0 Å². The first-order valence-corrected chi connectivity index (χ1v) is 6.45. The van der Waals surface area contributed by atoms with Crippen LogP contribution in [0.1, 0.15) is 27.2 Å². The Hall–Kier alpha value is -1.69. The van der Waals surface area contributed by atoms with Gasteiger partial charge < -0.3 is 10.6 Å². The molecular formula is C13H22N4O2. The molecule has 0 aromatic carbocycles. The van der Waals surface area contributed by atoms with E-state index in [0.29, 0.717) is 12.4 Å². The average Bonchev–Trinajstić information content (AvgIpc) is 2.38. The smallest absolute Gasteiger partial charge is 0.274 e. The second-order valence-corrected chi connectivity index (χ2v) is 5.42. The van der Waals surface area contributed by atoms with Gasteiger partial charge in [-0.2, -0.15) is 0 Å². The molecule has 0 radical (unpaired) electrons. The Bertz CT molecular complexity index is 434. The summed E-state index contributed by atoms with van der Waals surface area (Å²) in [5.41, 5.74) is 5.76. The van der Waals surface area contributed by atoms with Crippen molar-refractivity contribution in [2.75, 3.05) is 24.5 Å². The van der Waals surface area contributed by atoms with Crippen molar-refractivity contribution in [3.05, 3.63) is 28.4 Å². The van der Waals surface area contributed by atoms with Crippen LogP contribution in [-0.4, -0.2) is 29.5 Å². The van der Waals surface area contributed by atoms with Gasteiger partial charge in [0.05, 0.1) is 11.0 Å². The maximum Gasteiger partial charge on any atom is 0.274 e.